The summed E-state index contributed by atoms with van der Waals surface area (Å²) >= 11 is 0. The molecule has 0 unspecified atom stereocenters. The smallest absolute Gasteiger partial charge is 0.326 e. The Morgan fingerprint density at radius 1 is 1.22 bits per heavy atom. The van der Waals surface area contributed by atoms with E-state index in [9.17, 15) is 9.59 Å². The molecule has 0 bridgehead atoms. The van der Waals surface area contributed by atoms with Crippen molar-refractivity contribution in [1.29, 1.82) is 5.26 Å². The molecule has 0 amide bonds. The molecule has 2 aromatic rings. The van der Waals surface area contributed by atoms with Crippen LogP contribution < -0.4 is 5.56 Å². The highest BCUT2D eigenvalue weighted by molar-refractivity contribution is 5.69. The van der Waals surface area contributed by atoms with Crippen molar-refractivity contribution < 1.29 is 9.53 Å². The molecule has 0 fully saturated rings. The lowest BCUT2D eigenvalue weighted by atomic mass is 10.1. The van der Waals surface area contributed by atoms with Crippen LogP contribution >= 0.6 is 0 Å². The van der Waals surface area contributed by atoms with Gasteiger partial charge in [-0.3, -0.25) is 9.59 Å². The van der Waals surface area contributed by atoms with E-state index in [4.69, 9.17) is 10.00 Å². The van der Waals surface area contributed by atoms with Gasteiger partial charge in [-0.05, 0) is 23.6 Å². The summed E-state index contributed by atoms with van der Waals surface area (Å²) in [4.78, 5) is 24.3. The second-order valence-corrected chi connectivity index (χ2v) is 5.48. The number of pyridine rings is 1. The van der Waals surface area contributed by atoms with Gasteiger partial charge in [-0.1, -0.05) is 44.2 Å². The summed E-state index contributed by atoms with van der Waals surface area (Å²) in [7, 11) is 0. The van der Waals surface area contributed by atoms with Crippen LogP contribution in [0.5, 0.6) is 0 Å². The third kappa shape index (κ3) is 4.07. The van der Waals surface area contributed by atoms with Gasteiger partial charge in [-0.25, -0.2) is 0 Å². The normalized spacial score (nSPS) is 10.3. The highest BCUT2D eigenvalue weighted by Gasteiger charge is 2.15. The zero-order chi connectivity index (χ0) is 16.8. The molecule has 0 atom stereocenters. The van der Waals surface area contributed by atoms with Crippen LogP contribution in [0.4, 0.5) is 0 Å². The number of aromatic nitrogens is 1. The Morgan fingerprint density at radius 2 is 1.91 bits per heavy atom. The van der Waals surface area contributed by atoms with E-state index in [1.807, 2.05) is 50.2 Å². The molecular formula is C18H18N2O3. The Balaban J connectivity index is 2.17. The van der Waals surface area contributed by atoms with Gasteiger partial charge in [0.15, 0.2) is 0 Å². The zero-order valence-corrected chi connectivity index (χ0v) is 13.2. The molecule has 5 heteroatoms. The molecule has 0 spiro atoms. The van der Waals surface area contributed by atoms with Crippen molar-refractivity contribution in [1.82, 2.24) is 4.57 Å². The molecule has 0 aliphatic heterocycles. The molecule has 5 nitrogen and oxygen atoms in total. The highest BCUT2D eigenvalue weighted by Crippen LogP contribution is 2.13. The second-order valence-electron chi connectivity index (χ2n) is 5.48. The Kier molecular flexibility index (Phi) is 5.32. The molecule has 1 aromatic carbocycles. The first-order valence-corrected chi connectivity index (χ1v) is 7.36. The van der Waals surface area contributed by atoms with Crippen LogP contribution in [0.3, 0.4) is 0 Å². The van der Waals surface area contributed by atoms with Crippen LogP contribution in [0.2, 0.25) is 0 Å². The lowest BCUT2D eigenvalue weighted by Crippen LogP contribution is -2.30. The van der Waals surface area contributed by atoms with E-state index in [-0.39, 0.29) is 24.6 Å². The summed E-state index contributed by atoms with van der Waals surface area (Å²) in [6.45, 7) is 3.80. The Hall–Kier alpha value is -2.87. The van der Waals surface area contributed by atoms with Gasteiger partial charge < -0.3 is 9.30 Å². The molecule has 0 saturated carbocycles. The van der Waals surface area contributed by atoms with Gasteiger partial charge in [-0.2, -0.15) is 5.26 Å². The number of carbonyl (C=O) groups excluding carboxylic acids is 1. The van der Waals surface area contributed by atoms with Gasteiger partial charge in [-0.15, -0.1) is 0 Å². The number of nitriles is 1. The predicted octanol–water partition coefficient (Wildman–Crippen LogP) is 2.59. The van der Waals surface area contributed by atoms with Crippen LogP contribution in [0.1, 0.15) is 36.6 Å². The topological polar surface area (TPSA) is 72.1 Å². The molecule has 0 aliphatic rings. The molecule has 118 valence electrons. The molecule has 1 aromatic heterocycles. The van der Waals surface area contributed by atoms with Crippen LogP contribution in [-0.4, -0.2) is 10.5 Å². The fraction of sp³-hybridized carbons (Fsp3) is 0.278. The monoisotopic (exact) mass is 310 g/mol. The molecule has 0 radical (unpaired) electrons. The predicted molar refractivity (Wildman–Crippen MR) is 85.7 cm³/mol. The fourth-order valence-electron chi connectivity index (χ4n) is 2.26. The van der Waals surface area contributed by atoms with E-state index in [0.717, 1.165) is 5.56 Å². The summed E-state index contributed by atoms with van der Waals surface area (Å²) in [6.07, 6.45) is 0. The molecule has 0 saturated heterocycles. The summed E-state index contributed by atoms with van der Waals surface area (Å²) in [6, 6.07) is 14.4. The number of esters is 1. The van der Waals surface area contributed by atoms with Crippen molar-refractivity contribution in [2.45, 2.75) is 32.9 Å². The van der Waals surface area contributed by atoms with Crippen molar-refractivity contribution in [2.24, 2.45) is 0 Å². The number of hydrogen-bond acceptors (Lipinski definition) is 4. The standard InChI is InChI=1S/C18H18N2O3/c1-13(2)16-9-8-15(10-19)18(22)20(16)11-17(21)23-12-14-6-4-3-5-7-14/h3-9,13H,11-12H2,1-2H3. The molecule has 0 aliphatic carbocycles. The number of benzene rings is 1. The maximum absolute atomic E-state index is 12.3. The highest BCUT2D eigenvalue weighted by atomic mass is 16.5. The summed E-state index contributed by atoms with van der Waals surface area (Å²) in [5.41, 5.74) is 1.13. The Bertz CT molecular complexity index is 786. The van der Waals surface area contributed by atoms with E-state index < -0.39 is 11.5 Å². The molecule has 1 heterocycles. The number of ether oxygens (including phenoxy) is 1. The number of carbonyl (C=O) groups is 1. The number of rotatable bonds is 5. The fourth-order valence-corrected chi connectivity index (χ4v) is 2.26. The third-order valence-electron chi connectivity index (χ3n) is 3.45. The Morgan fingerprint density at radius 3 is 2.52 bits per heavy atom. The maximum Gasteiger partial charge on any atom is 0.326 e. The number of nitrogens with zero attached hydrogens (tertiary/aromatic N) is 2. The van der Waals surface area contributed by atoms with Crippen molar-refractivity contribution in [3.05, 3.63) is 69.6 Å². The molecule has 23 heavy (non-hydrogen) atoms. The maximum atomic E-state index is 12.3. The van der Waals surface area contributed by atoms with Crippen molar-refractivity contribution in [3.8, 4) is 6.07 Å². The molecular weight excluding hydrogens is 292 g/mol. The minimum atomic E-state index is -0.507. The van der Waals surface area contributed by atoms with E-state index in [0.29, 0.717) is 5.69 Å². The zero-order valence-electron chi connectivity index (χ0n) is 13.2. The first-order chi connectivity index (χ1) is 11.0. The van der Waals surface area contributed by atoms with E-state index in [2.05, 4.69) is 0 Å². The lowest BCUT2D eigenvalue weighted by molar-refractivity contribution is -0.145. The van der Waals surface area contributed by atoms with Gasteiger partial charge in [0.2, 0.25) is 0 Å². The first-order valence-electron chi connectivity index (χ1n) is 7.36. The molecule has 2 rings (SSSR count). The van der Waals surface area contributed by atoms with Gasteiger partial charge in [0.1, 0.15) is 24.8 Å². The number of hydrogen-bond donors (Lipinski definition) is 0. The summed E-state index contributed by atoms with van der Waals surface area (Å²) in [5, 5.41) is 8.98. The Labute approximate surface area is 134 Å². The lowest BCUT2D eigenvalue weighted by Gasteiger charge is -2.15. The minimum absolute atomic E-state index is 0.0188. The van der Waals surface area contributed by atoms with Crippen LogP contribution in [-0.2, 0) is 22.7 Å². The second kappa shape index (κ2) is 7.41. The van der Waals surface area contributed by atoms with Gasteiger partial charge in [0.25, 0.3) is 5.56 Å². The average molecular weight is 310 g/mol. The SMILES string of the molecule is CC(C)c1ccc(C#N)c(=O)n1CC(=O)OCc1ccccc1. The largest absolute Gasteiger partial charge is 0.459 e. The average Bonchev–Trinajstić information content (AvgIpc) is 2.55. The van der Waals surface area contributed by atoms with E-state index >= 15 is 0 Å². The quantitative estimate of drug-likeness (QED) is 0.796. The van der Waals surface area contributed by atoms with Crippen molar-refractivity contribution in [3.63, 3.8) is 0 Å². The van der Waals surface area contributed by atoms with E-state index in [1.54, 1.807) is 6.07 Å². The van der Waals surface area contributed by atoms with Crippen LogP contribution in [0, 0.1) is 11.3 Å². The third-order valence-corrected chi connectivity index (χ3v) is 3.45. The van der Waals surface area contributed by atoms with Crippen LogP contribution in [0.15, 0.2) is 47.3 Å². The molecule has 0 N–H and O–H groups in total. The van der Waals surface area contributed by atoms with Crippen LogP contribution in [0.25, 0.3) is 0 Å². The first kappa shape index (κ1) is 16.5. The summed E-state index contributed by atoms with van der Waals surface area (Å²) in [5.74, 6) is -0.453. The van der Waals surface area contributed by atoms with Gasteiger partial charge in [0.05, 0.1) is 0 Å². The van der Waals surface area contributed by atoms with Crippen molar-refractivity contribution >= 4 is 5.97 Å². The van der Waals surface area contributed by atoms with E-state index in [1.165, 1.54) is 10.6 Å². The van der Waals surface area contributed by atoms with Gasteiger partial charge in [0, 0.05) is 5.69 Å². The summed E-state index contributed by atoms with van der Waals surface area (Å²) < 4.78 is 6.53. The minimum Gasteiger partial charge on any atom is -0.459 e. The van der Waals surface area contributed by atoms with Gasteiger partial charge >= 0.3 is 5.97 Å². The van der Waals surface area contributed by atoms with Crippen molar-refractivity contribution in [2.75, 3.05) is 0 Å².